The highest BCUT2D eigenvalue weighted by molar-refractivity contribution is 5.95. The normalized spacial score (nSPS) is 21.3. The topological polar surface area (TPSA) is 93.5 Å². The van der Waals surface area contributed by atoms with Crippen LogP contribution in [0.3, 0.4) is 0 Å². The van der Waals surface area contributed by atoms with Crippen molar-refractivity contribution in [3.05, 3.63) is 33.9 Å². The van der Waals surface area contributed by atoms with Gasteiger partial charge in [0.05, 0.1) is 24.1 Å². The van der Waals surface area contributed by atoms with E-state index in [9.17, 15) is 23.7 Å². The number of rotatable bonds is 4. The SMILES string of the molecule is CNC1COCC1C(=O)Nc1c([N+](=O)[O-])ccc(F)c1F. The van der Waals surface area contributed by atoms with Crippen molar-refractivity contribution in [1.82, 2.24) is 5.32 Å². The molecule has 0 aromatic heterocycles. The third-order valence-corrected chi connectivity index (χ3v) is 3.31. The number of amides is 1. The van der Waals surface area contributed by atoms with E-state index in [1.54, 1.807) is 7.05 Å². The molecule has 114 valence electrons. The number of anilines is 1. The molecule has 1 aliphatic rings. The maximum Gasteiger partial charge on any atom is 0.296 e. The molecule has 2 atom stereocenters. The van der Waals surface area contributed by atoms with Gasteiger partial charge in [0.25, 0.3) is 5.69 Å². The molecule has 7 nitrogen and oxygen atoms in total. The van der Waals surface area contributed by atoms with Gasteiger partial charge in [0.1, 0.15) is 0 Å². The van der Waals surface area contributed by atoms with Crippen LogP contribution in [0.2, 0.25) is 0 Å². The number of nitro groups is 1. The van der Waals surface area contributed by atoms with Gasteiger partial charge in [-0.1, -0.05) is 0 Å². The molecular formula is C12H13F2N3O4. The summed E-state index contributed by atoms with van der Waals surface area (Å²) in [5.74, 6) is -4.04. The van der Waals surface area contributed by atoms with Crippen LogP contribution in [0.15, 0.2) is 12.1 Å². The second-order valence-corrected chi connectivity index (χ2v) is 4.54. The van der Waals surface area contributed by atoms with Gasteiger partial charge in [0, 0.05) is 12.1 Å². The summed E-state index contributed by atoms with van der Waals surface area (Å²) >= 11 is 0. The van der Waals surface area contributed by atoms with Crippen molar-refractivity contribution < 1.29 is 23.2 Å². The fraction of sp³-hybridized carbons (Fsp3) is 0.417. The van der Waals surface area contributed by atoms with Crippen LogP contribution in [-0.2, 0) is 9.53 Å². The van der Waals surface area contributed by atoms with Crippen LogP contribution in [-0.4, -0.2) is 37.1 Å². The molecule has 1 aliphatic heterocycles. The van der Waals surface area contributed by atoms with Gasteiger partial charge in [-0.25, -0.2) is 8.78 Å². The summed E-state index contributed by atoms with van der Waals surface area (Å²) in [5.41, 5.74) is -1.48. The molecule has 1 aromatic rings. The quantitative estimate of drug-likeness (QED) is 0.640. The molecule has 1 fully saturated rings. The fourth-order valence-corrected chi connectivity index (χ4v) is 2.12. The van der Waals surface area contributed by atoms with Crippen molar-refractivity contribution in [2.45, 2.75) is 6.04 Å². The van der Waals surface area contributed by atoms with Gasteiger partial charge in [-0.3, -0.25) is 14.9 Å². The second kappa shape index (κ2) is 6.10. The molecule has 1 aromatic carbocycles. The van der Waals surface area contributed by atoms with E-state index >= 15 is 0 Å². The Balaban J connectivity index is 2.28. The Labute approximate surface area is 118 Å². The highest BCUT2D eigenvalue weighted by atomic mass is 19.2. The van der Waals surface area contributed by atoms with Gasteiger partial charge in [-0.2, -0.15) is 0 Å². The number of nitrogens with one attached hydrogen (secondary N) is 2. The summed E-state index contributed by atoms with van der Waals surface area (Å²) < 4.78 is 32.0. The first kappa shape index (κ1) is 15.3. The maximum absolute atomic E-state index is 13.7. The number of likely N-dealkylation sites (N-methyl/N-ethyl adjacent to an activating group) is 1. The minimum Gasteiger partial charge on any atom is -0.379 e. The first-order chi connectivity index (χ1) is 9.95. The molecule has 1 heterocycles. The highest BCUT2D eigenvalue weighted by Crippen LogP contribution is 2.30. The summed E-state index contributed by atoms with van der Waals surface area (Å²) in [5, 5.41) is 15.8. The first-order valence-electron chi connectivity index (χ1n) is 6.14. The van der Waals surface area contributed by atoms with E-state index in [2.05, 4.69) is 10.6 Å². The molecule has 1 amide bonds. The number of ether oxygens (including phenoxy) is 1. The zero-order valence-electron chi connectivity index (χ0n) is 11.1. The van der Waals surface area contributed by atoms with Crippen molar-refractivity contribution in [2.75, 3.05) is 25.6 Å². The lowest BCUT2D eigenvalue weighted by Gasteiger charge is -2.16. The summed E-state index contributed by atoms with van der Waals surface area (Å²) in [4.78, 5) is 22.0. The van der Waals surface area contributed by atoms with E-state index in [-0.39, 0.29) is 12.6 Å². The zero-order chi connectivity index (χ0) is 15.6. The van der Waals surface area contributed by atoms with Gasteiger partial charge in [-0.15, -0.1) is 0 Å². The molecule has 0 bridgehead atoms. The van der Waals surface area contributed by atoms with Crippen LogP contribution in [0, 0.1) is 27.7 Å². The van der Waals surface area contributed by atoms with Crippen molar-refractivity contribution in [1.29, 1.82) is 0 Å². The second-order valence-electron chi connectivity index (χ2n) is 4.54. The number of carbonyl (C=O) groups is 1. The third kappa shape index (κ3) is 2.98. The molecule has 9 heteroatoms. The van der Waals surface area contributed by atoms with E-state index in [1.807, 2.05) is 0 Å². The number of nitro benzene ring substituents is 1. The summed E-state index contributed by atoms with van der Waals surface area (Å²) in [6, 6.07) is 1.15. The Morgan fingerprint density at radius 1 is 1.43 bits per heavy atom. The predicted octanol–water partition coefficient (Wildman–Crippen LogP) is 1.05. The average molecular weight is 301 g/mol. The summed E-state index contributed by atoms with van der Waals surface area (Å²) in [6.07, 6.45) is 0. The van der Waals surface area contributed by atoms with Crippen molar-refractivity contribution in [3.8, 4) is 0 Å². The smallest absolute Gasteiger partial charge is 0.296 e. The lowest BCUT2D eigenvalue weighted by Crippen LogP contribution is -2.39. The number of benzene rings is 1. The Kier molecular flexibility index (Phi) is 4.43. The third-order valence-electron chi connectivity index (χ3n) is 3.31. The first-order valence-corrected chi connectivity index (χ1v) is 6.14. The number of carbonyl (C=O) groups excluding carboxylic acids is 1. The van der Waals surface area contributed by atoms with E-state index in [1.165, 1.54) is 0 Å². The van der Waals surface area contributed by atoms with Gasteiger partial charge in [0.15, 0.2) is 17.3 Å². The molecule has 0 radical (unpaired) electrons. The fourth-order valence-electron chi connectivity index (χ4n) is 2.12. The van der Waals surface area contributed by atoms with Gasteiger partial charge in [0.2, 0.25) is 5.91 Å². The van der Waals surface area contributed by atoms with Crippen LogP contribution in [0.4, 0.5) is 20.2 Å². The Hall–Kier alpha value is -2.13. The Morgan fingerprint density at radius 2 is 2.14 bits per heavy atom. The van der Waals surface area contributed by atoms with E-state index in [4.69, 9.17) is 4.74 Å². The minimum atomic E-state index is -1.46. The molecule has 1 saturated heterocycles. The van der Waals surface area contributed by atoms with Gasteiger partial charge < -0.3 is 15.4 Å². The Morgan fingerprint density at radius 3 is 2.76 bits per heavy atom. The van der Waals surface area contributed by atoms with Crippen molar-refractivity contribution in [2.24, 2.45) is 5.92 Å². The van der Waals surface area contributed by atoms with Crippen LogP contribution in [0.5, 0.6) is 0 Å². The predicted molar refractivity (Wildman–Crippen MR) is 68.8 cm³/mol. The molecule has 0 spiro atoms. The summed E-state index contributed by atoms with van der Waals surface area (Å²) in [7, 11) is 1.63. The molecule has 0 saturated carbocycles. The summed E-state index contributed by atoms with van der Waals surface area (Å²) in [6.45, 7) is 0.393. The van der Waals surface area contributed by atoms with E-state index < -0.39 is 39.8 Å². The molecule has 21 heavy (non-hydrogen) atoms. The van der Waals surface area contributed by atoms with Crippen molar-refractivity contribution >= 4 is 17.3 Å². The highest BCUT2D eigenvalue weighted by Gasteiger charge is 2.35. The number of hydrogen-bond donors (Lipinski definition) is 2. The largest absolute Gasteiger partial charge is 0.379 e. The van der Waals surface area contributed by atoms with Gasteiger partial charge >= 0.3 is 0 Å². The number of nitrogens with zero attached hydrogens (tertiary/aromatic N) is 1. The molecule has 0 aliphatic carbocycles. The monoisotopic (exact) mass is 301 g/mol. The molecule has 2 N–H and O–H groups in total. The van der Waals surface area contributed by atoms with Crippen LogP contribution in [0.1, 0.15) is 0 Å². The Bertz CT molecular complexity index is 582. The molecule has 2 rings (SSSR count). The maximum atomic E-state index is 13.7. The van der Waals surface area contributed by atoms with Crippen LogP contribution >= 0.6 is 0 Å². The standard InChI is InChI=1S/C12H13F2N3O4/c1-15-8-5-21-4-6(8)12(18)16-11-9(17(19)20)3-2-7(13)10(11)14/h2-3,6,8,15H,4-5H2,1H3,(H,16,18). The lowest BCUT2D eigenvalue weighted by molar-refractivity contribution is -0.384. The number of hydrogen-bond acceptors (Lipinski definition) is 5. The van der Waals surface area contributed by atoms with E-state index in [0.29, 0.717) is 12.7 Å². The van der Waals surface area contributed by atoms with Crippen LogP contribution in [0.25, 0.3) is 0 Å². The molecule has 2 unspecified atom stereocenters. The lowest BCUT2D eigenvalue weighted by atomic mass is 10.0. The van der Waals surface area contributed by atoms with Gasteiger partial charge in [-0.05, 0) is 13.1 Å². The molecular weight excluding hydrogens is 288 g/mol. The van der Waals surface area contributed by atoms with E-state index in [0.717, 1.165) is 6.07 Å². The zero-order valence-corrected chi connectivity index (χ0v) is 11.1. The van der Waals surface area contributed by atoms with Crippen LogP contribution < -0.4 is 10.6 Å². The average Bonchev–Trinajstić information content (AvgIpc) is 2.92. The minimum absolute atomic E-state index is 0.0993. The number of halogens is 2. The van der Waals surface area contributed by atoms with Crippen molar-refractivity contribution in [3.63, 3.8) is 0 Å².